The number of methoxy groups -OCH3 is 1. The Labute approximate surface area is 292 Å². The molecule has 2 aliphatic rings. The Kier molecular flexibility index (Phi) is 9.84. The number of benzene rings is 2. The van der Waals surface area contributed by atoms with Crippen molar-refractivity contribution in [2.45, 2.75) is 31.6 Å². The zero-order chi connectivity index (χ0) is 35.2. The molecular weight excluding hydrogens is 722 g/mol. The molecule has 0 bridgehead atoms. The quantitative estimate of drug-likeness (QED) is 0.189. The first-order valence-electron chi connectivity index (χ1n) is 15.9. The van der Waals surface area contributed by atoms with Gasteiger partial charge in [-0.25, -0.2) is 4.98 Å². The third kappa shape index (κ3) is 7.35. The van der Waals surface area contributed by atoms with Crippen LogP contribution in [0.1, 0.15) is 12.0 Å². The van der Waals surface area contributed by atoms with Gasteiger partial charge in [-0.15, -0.1) is 0 Å². The minimum atomic E-state index is -4.32. The lowest BCUT2D eigenvalue weighted by molar-refractivity contribution is -0.199. The molecule has 6 rings (SSSR count). The van der Waals surface area contributed by atoms with Crippen LogP contribution in [0.2, 0.25) is 0 Å². The largest absolute Gasteiger partial charge is 0.494 e. The van der Waals surface area contributed by atoms with Gasteiger partial charge < -0.3 is 29.7 Å². The highest BCUT2D eigenvalue weighted by molar-refractivity contribution is 9.10. The van der Waals surface area contributed by atoms with Crippen LogP contribution in [0, 0.1) is 12.8 Å². The first-order valence-corrected chi connectivity index (χ1v) is 19.3. The van der Waals surface area contributed by atoms with Crippen molar-refractivity contribution < 1.29 is 22.5 Å². The lowest BCUT2D eigenvalue weighted by Crippen LogP contribution is -2.66. The number of nitrogens with zero attached hydrogens (tertiary/aromatic N) is 7. The number of ether oxygens (including phenoxy) is 1. The number of fused-ring (bicyclic) bond motifs is 1. The van der Waals surface area contributed by atoms with Gasteiger partial charge in [-0.2, -0.15) is 18.2 Å². The fourth-order valence-electron chi connectivity index (χ4n) is 6.72. The SMILES string of the molecule is COc1cc(N2CCC(N3CC(N(C)C)C3)C(C(F)(F)F)C2)c(C)cc1Nc1ncc(Br)c(Nc2ccc3nccnc3c2P(C)(C)=O)n1. The van der Waals surface area contributed by atoms with Crippen LogP contribution in [0.4, 0.5) is 42.0 Å². The molecule has 2 N–H and O–H groups in total. The Bertz CT molecular complexity index is 1900. The van der Waals surface area contributed by atoms with Crippen molar-refractivity contribution in [3.63, 3.8) is 0 Å². The molecule has 2 aliphatic heterocycles. The summed E-state index contributed by atoms with van der Waals surface area (Å²) >= 11 is 3.51. The third-order valence-corrected chi connectivity index (χ3v) is 11.5. The molecule has 0 aliphatic carbocycles. The lowest BCUT2D eigenvalue weighted by Gasteiger charge is -2.52. The summed E-state index contributed by atoms with van der Waals surface area (Å²) in [6.45, 7) is 6.93. The predicted octanol–water partition coefficient (Wildman–Crippen LogP) is 6.24. The molecule has 2 atom stereocenters. The normalized spacial score (nSPS) is 19.3. The number of likely N-dealkylation sites (N-methyl/N-ethyl adjacent to an activating group) is 1. The molecule has 262 valence electrons. The van der Waals surface area contributed by atoms with E-state index in [4.69, 9.17) is 4.74 Å². The maximum Gasteiger partial charge on any atom is 0.395 e. The zero-order valence-corrected chi connectivity index (χ0v) is 30.7. The van der Waals surface area contributed by atoms with Crippen molar-refractivity contribution in [3.8, 4) is 5.75 Å². The number of alkyl halides is 3. The number of aromatic nitrogens is 4. The van der Waals surface area contributed by atoms with Crippen LogP contribution < -0.4 is 25.6 Å². The van der Waals surface area contributed by atoms with E-state index in [2.05, 4.69) is 51.4 Å². The zero-order valence-electron chi connectivity index (χ0n) is 28.2. The summed E-state index contributed by atoms with van der Waals surface area (Å²) in [7, 11) is 2.64. The van der Waals surface area contributed by atoms with E-state index in [1.165, 1.54) is 7.11 Å². The molecule has 4 aromatic rings. The molecule has 2 saturated heterocycles. The van der Waals surface area contributed by atoms with Crippen LogP contribution in [0.3, 0.4) is 0 Å². The van der Waals surface area contributed by atoms with Gasteiger partial charge >= 0.3 is 6.18 Å². The molecular formula is C33H40BrF3N9O2P. The van der Waals surface area contributed by atoms with Crippen molar-refractivity contribution in [1.29, 1.82) is 0 Å². The monoisotopic (exact) mass is 761 g/mol. The molecule has 11 nitrogen and oxygen atoms in total. The molecule has 0 saturated carbocycles. The van der Waals surface area contributed by atoms with E-state index in [9.17, 15) is 17.7 Å². The molecule has 16 heteroatoms. The molecule has 49 heavy (non-hydrogen) atoms. The third-order valence-electron chi connectivity index (χ3n) is 9.34. The summed E-state index contributed by atoms with van der Waals surface area (Å²) in [5, 5.41) is 7.06. The number of hydrogen-bond acceptors (Lipinski definition) is 11. The van der Waals surface area contributed by atoms with Gasteiger partial charge in [-0.3, -0.25) is 14.9 Å². The summed E-state index contributed by atoms with van der Waals surface area (Å²) in [5.41, 5.74) is 3.81. The lowest BCUT2D eigenvalue weighted by atomic mass is 9.86. The number of aryl methyl sites for hydroxylation is 1. The number of hydrogen-bond donors (Lipinski definition) is 2. The van der Waals surface area contributed by atoms with Crippen molar-refractivity contribution >= 4 is 68.2 Å². The van der Waals surface area contributed by atoms with Crippen LogP contribution in [0.15, 0.2) is 47.3 Å². The van der Waals surface area contributed by atoms with Crippen LogP contribution in [-0.2, 0) is 4.57 Å². The fraction of sp³-hybridized carbons (Fsp3) is 0.455. The van der Waals surface area contributed by atoms with Crippen LogP contribution >= 0.6 is 23.1 Å². The summed E-state index contributed by atoms with van der Waals surface area (Å²) in [5.74, 6) is -0.350. The number of likely N-dealkylation sites (tertiary alicyclic amines) is 1. The van der Waals surface area contributed by atoms with Gasteiger partial charge in [0.1, 0.15) is 24.2 Å². The molecule has 0 radical (unpaired) electrons. The second-order valence-electron chi connectivity index (χ2n) is 13.2. The van der Waals surface area contributed by atoms with Gasteiger partial charge in [0.2, 0.25) is 5.95 Å². The number of halogens is 4. The molecule has 2 aromatic heterocycles. The summed E-state index contributed by atoms with van der Waals surface area (Å²) in [4.78, 5) is 23.8. The molecule has 2 aromatic carbocycles. The van der Waals surface area contributed by atoms with E-state index >= 15 is 0 Å². The Morgan fingerprint density at radius 2 is 1.78 bits per heavy atom. The van der Waals surface area contributed by atoms with Crippen molar-refractivity contribution in [2.24, 2.45) is 5.92 Å². The smallest absolute Gasteiger partial charge is 0.395 e. The topological polar surface area (TPSA) is 112 Å². The molecule has 0 amide bonds. The van der Waals surface area contributed by atoms with Crippen LogP contribution in [0.5, 0.6) is 5.75 Å². The van der Waals surface area contributed by atoms with Gasteiger partial charge in [0.05, 0.1) is 39.7 Å². The van der Waals surface area contributed by atoms with E-state index in [1.807, 2.05) is 36.9 Å². The van der Waals surface area contributed by atoms with Gasteiger partial charge in [-0.05, 0) is 80.5 Å². The van der Waals surface area contributed by atoms with Crippen molar-refractivity contribution in [1.82, 2.24) is 29.7 Å². The van der Waals surface area contributed by atoms with Crippen LogP contribution in [-0.4, -0.2) is 109 Å². The molecule has 2 unspecified atom stereocenters. The first-order chi connectivity index (χ1) is 23.1. The minimum absolute atomic E-state index is 0.121. The highest BCUT2D eigenvalue weighted by Gasteiger charge is 2.51. The number of nitrogens with one attached hydrogen (secondary N) is 2. The highest BCUT2D eigenvalue weighted by Crippen LogP contribution is 2.43. The number of anilines is 5. The molecule has 2 fully saturated rings. The second-order valence-corrected chi connectivity index (χ2v) is 17.2. The average Bonchev–Trinajstić information content (AvgIpc) is 3.01. The fourth-order valence-corrected chi connectivity index (χ4v) is 8.40. The summed E-state index contributed by atoms with van der Waals surface area (Å²) in [6, 6.07) is 6.97. The predicted molar refractivity (Wildman–Crippen MR) is 192 cm³/mol. The van der Waals surface area contributed by atoms with E-state index < -0.39 is 25.3 Å². The summed E-state index contributed by atoms with van der Waals surface area (Å²) < 4.78 is 62.9. The van der Waals surface area contributed by atoms with Gasteiger partial charge in [0, 0.05) is 68.6 Å². The second kappa shape index (κ2) is 13.7. The van der Waals surface area contributed by atoms with Gasteiger partial charge in [0.25, 0.3) is 0 Å². The van der Waals surface area contributed by atoms with Crippen LogP contribution in [0.25, 0.3) is 11.0 Å². The Hall–Kier alpha value is -3.52. The number of rotatable bonds is 9. The van der Waals surface area contributed by atoms with E-state index in [0.717, 1.165) is 5.56 Å². The maximum atomic E-state index is 14.4. The van der Waals surface area contributed by atoms with E-state index in [-0.39, 0.29) is 18.5 Å². The van der Waals surface area contributed by atoms with E-state index in [0.29, 0.717) is 75.5 Å². The van der Waals surface area contributed by atoms with Crippen molar-refractivity contribution in [3.05, 3.63) is 52.9 Å². The Morgan fingerprint density at radius 1 is 1.04 bits per heavy atom. The van der Waals surface area contributed by atoms with Gasteiger partial charge in [-0.1, -0.05) is 0 Å². The minimum Gasteiger partial charge on any atom is -0.494 e. The Balaban J connectivity index is 1.24. The summed E-state index contributed by atoms with van der Waals surface area (Å²) in [6.07, 6.45) is 0.851. The standard InChI is InChI=1S/C33H40BrF3N9O2P/c1-19-13-25(28(48-4)14-27(19)45-12-9-26(21(18-45)33(35,36)37)46-16-20(17-46)44(2)3)42-32-40-15-22(34)31(43-32)41-24-8-7-23-29(39-11-10-38-23)30(24)49(5,6)47/h7-8,10-11,13-15,20-21,26H,9,12,16-18H2,1-6H3,(H2,40,41,42,43). The maximum absolute atomic E-state index is 14.4. The molecule has 0 spiro atoms. The molecule has 4 heterocycles. The first kappa shape index (κ1) is 35.3. The van der Waals surface area contributed by atoms with E-state index in [1.54, 1.807) is 50.1 Å². The van der Waals surface area contributed by atoms with Gasteiger partial charge in [0.15, 0.2) is 0 Å². The number of piperidine rings is 1. The average molecular weight is 763 g/mol. The van der Waals surface area contributed by atoms with Crippen molar-refractivity contribution in [2.75, 3.05) is 76.2 Å². The highest BCUT2D eigenvalue weighted by atomic mass is 79.9. The Morgan fingerprint density at radius 3 is 2.45 bits per heavy atom.